The van der Waals surface area contributed by atoms with E-state index >= 15 is 0 Å². The number of piperazine rings is 1. The number of alkyl halides is 5. The van der Waals surface area contributed by atoms with Crippen molar-refractivity contribution in [2.75, 3.05) is 44.2 Å². The Morgan fingerprint density at radius 3 is 2.25 bits per heavy atom. The minimum atomic E-state index is -4.85. The lowest BCUT2D eigenvalue weighted by Crippen LogP contribution is -2.59. The van der Waals surface area contributed by atoms with Crippen LogP contribution in [0.1, 0.15) is 25.3 Å². The van der Waals surface area contributed by atoms with Gasteiger partial charge >= 0.3 is 6.18 Å². The third-order valence-electron chi connectivity index (χ3n) is 6.90. The molecule has 6 nitrogen and oxygen atoms in total. The van der Waals surface area contributed by atoms with Crippen LogP contribution in [-0.2, 0) is 15.6 Å². The largest absolute Gasteiger partial charge is 0.421 e. The molecule has 0 aliphatic carbocycles. The van der Waals surface area contributed by atoms with Gasteiger partial charge in [-0.2, -0.15) is 17.5 Å². The number of aliphatic hydroxyl groups is 1. The minimum absolute atomic E-state index is 0.106. The molecular weight excluding hydrogens is 525 g/mol. The van der Waals surface area contributed by atoms with E-state index in [1.165, 1.54) is 34.6 Å². The van der Waals surface area contributed by atoms with E-state index in [0.717, 1.165) is 11.3 Å². The second kappa shape index (κ2) is 9.82. The van der Waals surface area contributed by atoms with E-state index in [9.17, 15) is 35.5 Å². The molecule has 2 aromatic rings. The summed E-state index contributed by atoms with van der Waals surface area (Å²) >= 11 is 1.11. The van der Waals surface area contributed by atoms with Gasteiger partial charge in [-0.15, -0.1) is 11.3 Å². The molecule has 0 spiro atoms. The molecule has 1 aromatic heterocycles. The maximum absolute atomic E-state index is 13.7. The van der Waals surface area contributed by atoms with Crippen molar-refractivity contribution in [3.05, 3.63) is 47.3 Å². The Morgan fingerprint density at radius 2 is 1.69 bits per heavy atom. The van der Waals surface area contributed by atoms with Gasteiger partial charge in [-0.05, 0) is 36.1 Å². The van der Waals surface area contributed by atoms with E-state index in [1.54, 1.807) is 11.4 Å². The van der Waals surface area contributed by atoms with Crippen LogP contribution in [0.15, 0.2) is 46.0 Å². The molecule has 2 saturated heterocycles. The van der Waals surface area contributed by atoms with Crippen LogP contribution in [0.5, 0.6) is 0 Å². The first-order valence-electron chi connectivity index (χ1n) is 11.5. The zero-order valence-electron chi connectivity index (χ0n) is 19.6. The van der Waals surface area contributed by atoms with Crippen molar-refractivity contribution in [2.24, 2.45) is 0 Å². The molecular formula is C23H28F5N3O3S2. The summed E-state index contributed by atoms with van der Waals surface area (Å²) in [6.45, 7) is 1.89. The third kappa shape index (κ3) is 5.54. The molecule has 3 heterocycles. The molecule has 200 valence electrons. The first kappa shape index (κ1) is 27.2. The van der Waals surface area contributed by atoms with Crippen LogP contribution in [0.25, 0.3) is 0 Å². The smallest absolute Gasteiger partial charge is 0.376 e. The minimum Gasteiger partial charge on any atom is -0.376 e. The molecule has 0 saturated carbocycles. The van der Waals surface area contributed by atoms with Gasteiger partial charge < -0.3 is 14.9 Å². The average molecular weight is 554 g/mol. The molecule has 2 aliphatic rings. The Hall–Kier alpha value is -1.80. The lowest BCUT2D eigenvalue weighted by Gasteiger charge is -2.45. The van der Waals surface area contributed by atoms with Gasteiger partial charge in [-0.3, -0.25) is 0 Å². The zero-order valence-corrected chi connectivity index (χ0v) is 21.2. The van der Waals surface area contributed by atoms with Gasteiger partial charge in [0.1, 0.15) is 4.21 Å². The predicted octanol–water partition coefficient (Wildman–Crippen LogP) is 4.13. The second-order valence-electron chi connectivity index (χ2n) is 9.42. The van der Waals surface area contributed by atoms with E-state index < -0.39 is 33.8 Å². The third-order valence-corrected chi connectivity index (χ3v) is 10.1. The van der Waals surface area contributed by atoms with Crippen molar-refractivity contribution in [1.82, 2.24) is 9.21 Å². The summed E-state index contributed by atoms with van der Waals surface area (Å²) in [5.74, 6) is -2.72. The first-order chi connectivity index (χ1) is 16.7. The summed E-state index contributed by atoms with van der Waals surface area (Å²) in [4.78, 5) is 3.78. The van der Waals surface area contributed by atoms with Gasteiger partial charge in [0.15, 0.2) is 5.60 Å². The highest BCUT2D eigenvalue weighted by atomic mass is 32.2. The summed E-state index contributed by atoms with van der Waals surface area (Å²) in [5, 5.41) is 11.6. The number of hydrogen-bond donors (Lipinski definition) is 1. The fourth-order valence-electron chi connectivity index (χ4n) is 4.58. The number of piperidine rings is 1. The molecule has 1 N–H and O–H groups in total. The fraction of sp³-hybridized carbons (Fsp3) is 0.565. The topological polar surface area (TPSA) is 64.1 Å². The fourth-order valence-corrected chi connectivity index (χ4v) is 7.19. The summed E-state index contributed by atoms with van der Waals surface area (Å²) in [5.41, 5.74) is -2.76. The highest BCUT2D eigenvalue weighted by Gasteiger charge is 2.51. The van der Waals surface area contributed by atoms with Gasteiger partial charge in [-0.1, -0.05) is 18.2 Å². The summed E-state index contributed by atoms with van der Waals surface area (Å²) < 4.78 is 94.9. The van der Waals surface area contributed by atoms with E-state index in [-0.39, 0.29) is 55.3 Å². The lowest BCUT2D eigenvalue weighted by molar-refractivity contribution is -0.258. The van der Waals surface area contributed by atoms with Crippen molar-refractivity contribution in [1.29, 1.82) is 0 Å². The van der Waals surface area contributed by atoms with Crippen molar-refractivity contribution in [3.8, 4) is 0 Å². The molecule has 0 unspecified atom stereocenters. The molecule has 2 aliphatic heterocycles. The molecule has 0 amide bonds. The maximum atomic E-state index is 13.7. The molecule has 2 atom stereocenters. The molecule has 1 aromatic carbocycles. The van der Waals surface area contributed by atoms with E-state index in [1.807, 2.05) is 9.80 Å². The maximum Gasteiger partial charge on any atom is 0.421 e. The number of benzene rings is 1. The van der Waals surface area contributed by atoms with Gasteiger partial charge in [0, 0.05) is 57.8 Å². The van der Waals surface area contributed by atoms with Crippen LogP contribution in [0.4, 0.5) is 27.6 Å². The lowest BCUT2D eigenvalue weighted by atomic mass is 9.95. The Bertz CT molecular complexity index is 1130. The van der Waals surface area contributed by atoms with Crippen molar-refractivity contribution in [3.63, 3.8) is 0 Å². The van der Waals surface area contributed by atoms with E-state index in [0.29, 0.717) is 19.2 Å². The number of halogens is 5. The normalized spacial score (nSPS) is 24.0. The predicted molar refractivity (Wildman–Crippen MR) is 127 cm³/mol. The van der Waals surface area contributed by atoms with Crippen LogP contribution < -0.4 is 4.90 Å². The van der Waals surface area contributed by atoms with E-state index in [4.69, 9.17) is 0 Å². The van der Waals surface area contributed by atoms with Crippen LogP contribution in [0.3, 0.4) is 0 Å². The Kier molecular flexibility index (Phi) is 7.43. The number of sulfonamides is 1. The number of rotatable bonds is 6. The van der Waals surface area contributed by atoms with Crippen molar-refractivity contribution in [2.45, 2.75) is 47.7 Å². The van der Waals surface area contributed by atoms with Crippen LogP contribution in [0.2, 0.25) is 0 Å². The highest BCUT2D eigenvalue weighted by molar-refractivity contribution is 7.91. The molecule has 36 heavy (non-hydrogen) atoms. The zero-order chi connectivity index (χ0) is 26.4. The first-order valence-corrected chi connectivity index (χ1v) is 13.8. The number of hydrogen-bond acceptors (Lipinski definition) is 6. The van der Waals surface area contributed by atoms with E-state index in [2.05, 4.69) is 0 Å². The Morgan fingerprint density at radius 1 is 1.06 bits per heavy atom. The summed E-state index contributed by atoms with van der Waals surface area (Å²) in [6, 6.07) is 8.11. The van der Waals surface area contributed by atoms with Crippen molar-refractivity contribution < 1.29 is 35.5 Å². The average Bonchev–Trinajstić information content (AvgIpc) is 3.36. The monoisotopic (exact) mass is 553 g/mol. The van der Waals surface area contributed by atoms with Crippen LogP contribution in [-0.4, -0.2) is 80.1 Å². The Labute approximate surface area is 211 Å². The summed E-state index contributed by atoms with van der Waals surface area (Å²) in [6.07, 6.45) is -5.41. The standard InChI is InChI=1S/C23H28F5N3O3S2/c1-21(32,23(26,27)28)17-4-6-18(7-5-17)31-13-12-30(36(33,34)20-3-2-14-35-20)16-19(31)15-29-10-8-22(24,25)9-11-29/h2-7,14,19,32H,8-13,15-16H2,1H3/t19-,21+/m0/s1. The number of likely N-dealkylation sites (tertiary alicyclic amines) is 1. The van der Waals surface area contributed by atoms with Crippen LogP contribution in [0, 0.1) is 0 Å². The molecule has 0 radical (unpaired) electrons. The number of thiophene rings is 1. The number of anilines is 1. The molecule has 4 rings (SSSR count). The molecule has 0 bridgehead atoms. The summed E-state index contributed by atoms with van der Waals surface area (Å²) in [7, 11) is -3.73. The molecule has 13 heteroatoms. The van der Waals surface area contributed by atoms with Gasteiger partial charge in [0.2, 0.25) is 0 Å². The second-order valence-corrected chi connectivity index (χ2v) is 12.5. The van der Waals surface area contributed by atoms with Gasteiger partial charge in [0.05, 0.1) is 6.04 Å². The SMILES string of the molecule is C[C@@](O)(c1ccc(N2CCN(S(=O)(=O)c3cccs3)C[C@@H]2CN2CCC(F)(F)CC2)cc1)C(F)(F)F. The van der Waals surface area contributed by atoms with Crippen molar-refractivity contribution >= 4 is 27.0 Å². The van der Waals surface area contributed by atoms with Gasteiger partial charge in [0.25, 0.3) is 15.9 Å². The van der Waals surface area contributed by atoms with Crippen LogP contribution >= 0.6 is 11.3 Å². The number of nitrogens with zero attached hydrogens (tertiary/aromatic N) is 3. The highest BCUT2D eigenvalue weighted by Crippen LogP contribution is 2.39. The van der Waals surface area contributed by atoms with Gasteiger partial charge in [-0.25, -0.2) is 17.2 Å². The molecule has 2 fully saturated rings. The quantitative estimate of drug-likeness (QED) is 0.546. The Balaban J connectivity index is 1.58.